The first-order valence-corrected chi connectivity index (χ1v) is 23.2. The van der Waals surface area contributed by atoms with Crippen molar-refractivity contribution >= 4 is 45.8 Å². The Morgan fingerprint density at radius 3 is 2.32 bits per heavy atom. The number of rotatable bonds is 11. The number of aryl methyl sites for hydroxylation is 2. The number of amides is 3. The Labute approximate surface area is 377 Å². The molecule has 1 atom stereocenters. The Balaban J connectivity index is 0.742. The highest BCUT2D eigenvalue weighted by atomic mass is 19.3. The van der Waals surface area contributed by atoms with Crippen LogP contribution in [0.3, 0.4) is 0 Å². The summed E-state index contributed by atoms with van der Waals surface area (Å²) in [6.07, 6.45) is 11.0. The third-order valence-corrected chi connectivity index (χ3v) is 14.5. The fourth-order valence-corrected chi connectivity index (χ4v) is 10.8. The van der Waals surface area contributed by atoms with Gasteiger partial charge in [0, 0.05) is 98.3 Å². The van der Waals surface area contributed by atoms with Gasteiger partial charge in [-0.3, -0.25) is 33.7 Å². The predicted octanol–water partition coefficient (Wildman–Crippen LogP) is 7.46. The minimum absolute atomic E-state index is 0.00167. The number of carbonyl (C=O) groups is 4. The summed E-state index contributed by atoms with van der Waals surface area (Å²) in [7, 11) is 1.79. The molecule has 7 heterocycles. The van der Waals surface area contributed by atoms with Gasteiger partial charge in [-0.1, -0.05) is 0 Å². The number of likely N-dealkylation sites (tertiary alicyclic amines) is 2. The van der Waals surface area contributed by atoms with Gasteiger partial charge < -0.3 is 24.3 Å². The van der Waals surface area contributed by atoms with E-state index in [9.17, 15) is 28.0 Å². The van der Waals surface area contributed by atoms with Crippen LogP contribution in [0.5, 0.6) is 5.75 Å². The molecule has 5 aliphatic heterocycles. The molecule has 2 aromatic heterocycles. The van der Waals surface area contributed by atoms with E-state index >= 15 is 0 Å². The standard InChI is InChI=1S/C50H56F2N8O5/c1-31(61)58-27-36-20-35(23-46(43(36)29-58)59-13-3-4-34-22-41(38-25-53-55(2)26-38)42(48(51)52)24-45(34)59)33-11-16-57(17-12-33)19-18-56-14-9-32(10-15-56)30-65-39-5-6-40-37(21-39)28-60(50(40)64)44-7-8-47(62)54-49(44)63/h5-6,20-27,29,32-33,44,48H,3-4,7-19,28,30H2,1-2H3,(H,54,62,63). The van der Waals surface area contributed by atoms with Crippen molar-refractivity contribution in [2.24, 2.45) is 13.0 Å². The second-order valence-corrected chi connectivity index (χ2v) is 18.7. The van der Waals surface area contributed by atoms with E-state index < -0.39 is 18.4 Å². The normalized spacial score (nSPS) is 20.2. The first-order chi connectivity index (χ1) is 31.4. The molecule has 0 aliphatic carbocycles. The minimum atomic E-state index is -2.65. The molecule has 15 heteroatoms. The number of anilines is 2. The summed E-state index contributed by atoms with van der Waals surface area (Å²) in [6, 6.07) is 13.0. The maximum Gasteiger partial charge on any atom is 0.264 e. The van der Waals surface area contributed by atoms with Crippen molar-refractivity contribution in [1.82, 2.24) is 34.4 Å². The van der Waals surface area contributed by atoms with Crippen LogP contribution in [0.25, 0.3) is 21.9 Å². The van der Waals surface area contributed by atoms with Crippen LogP contribution in [0.1, 0.15) is 102 Å². The first-order valence-electron chi connectivity index (χ1n) is 23.2. The van der Waals surface area contributed by atoms with Crippen molar-refractivity contribution < 1.29 is 32.7 Å². The van der Waals surface area contributed by atoms with Crippen molar-refractivity contribution in [2.45, 2.75) is 83.2 Å². The molecule has 3 fully saturated rings. The van der Waals surface area contributed by atoms with Crippen LogP contribution in [0.15, 0.2) is 67.3 Å². The van der Waals surface area contributed by atoms with Crippen molar-refractivity contribution in [3.63, 3.8) is 0 Å². The van der Waals surface area contributed by atoms with E-state index in [4.69, 9.17) is 4.74 Å². The van der Waals surface area contributed by atoms with Crippen LogP contribution in [0, 0.1) is 5.92 Å². The summed E-state index contributed by atoms with van der Waals surface area (Å²) < 4.78 is 39.0. The van der Waals surface area contributed by atoms with Crippen molar-refractivity contribution in [2.75, 3.05) is 57.3 Å². The zero-order valence-electron chi connectivity index (χ0n) is 37.1. The Bertz CT molecular complexity index is 2660. The van der Waals surface area contributed by atoms with Crippen LogP contribution in [0.4, 0.5) is 20.2 Å². The van der Waals surface area contributed by atoms with Gasteiger partial charge >= 0.3 is 0 Å². The molecule has 3 saturated heterocycles. The lowest BCUT2D eigenvalue weighted by molar-refractivity contribution is -0.136. The number of imide groups is 1. The highest BCUT2D eigenvalue weighted by Gasteiger charge is 2.39. The van der Waals surface area contributed by atoms with E-state index in [0.717, 1.165) is 117 Å². The molecular formula is C50H56F2N8O5. The number of halogens is 2. The number of benzene rings is 3. The van der Waals surface area contributed by atoms with E-state index in [1.54, 1.807) is 52.6 Å². The van der Waals surface area contributed by atoms with E-state index in [2.05, 4.69) is 37.2 Å². The number of fused-ring (bicyclic) bond motifs is 3. The third-order valence-electron chi connectivity index (χ3n) is 14.5. The van der Waals surface area contributed by atoms with E-state index in [1.807, 2.05) is 30.6 Å². The number of hydrogen-bond acceptors (Lipinski definition) is 9. The van der Waals surface area contributed by atoms with Crippen molar-refractivity contribution in [3.05, 3.63) is 95.1 Å². The predicted molar refractivity (Wildman–Crippen MR) is 243 cm³/mol. The summed E-state index contributed by atoms with van der Waals surface area (Å²) in [4.78, 5) is 58.7. The number of alkyl halides is 2. The summed E-state index contributed by atoms with van der Waals surface area (Å²) in [6.45, 7) is 9.28. The summed E-state index contributed by atoms with van der Waals surface area (Å²) in [5.74, 6) is 0.559. The van der Waals surface area contributed by atoms with Gasteiger partial charge in [-0.2, -0.15) is 5.10 Å². The monoisotopic (exact) mass is 886 g/mol. The molecule has 0 spiro atoms. The zero-order chi connectivity index (χ0) is 44.9. The van der Waals surface area contributed by atoms with Crippen LogP contribution >= 0.6 is 0 Å². The van der Waals surface area contributed by atoms with Gasteiger partial charge in [-0.15, -0.1) is 0 Å². The first kappa shape index (κ1) is 43.0. The number of ether oxygens (including phenoxy) is 1. The average molecular weight is 887 g/mol. The highest BCUT2D eigenvalue weighted by molar-refractivity contribution is 6.05. The molecular weight excluding hydrogens is 831 g/mol. The van der Waals surface area contributed by atoms with Crippen molar-refractivity contribution in [3.8, 4) is 16.9 Å². The van der Waals surface area contributed by atoms with Gasteiger partial charge in [0.1, 0.15) is 11.8 Å². The minimum Gasteiger partial charge on any atom is -0.493 e. The molecule has 5 aromatic rings. The topological polar surface area (TPSA) is 125 Å². The Kier molecular flexibility index (Phi) is 11.8. The molecule has 0 radical (unpaired) electrons. The maximum absolute atomic E-state index is 14.7. The van der Waals surface area contributed by atoms with E-state index in [1.165, 1.54) is 5.56 Å². The fourth-order valence-electron chi connectivity index (χ4n) is 10.8. The lowest BCUT2D eigenvalue weighted by atomic mass is 9.87. The van der Waals surface area contributed by atoms with Gasteiger partial charge in [-0.05, 0) is 148 Å². The Morgan fingerprint density at radius 2 is 1.62 bits per heavy atom. The SMILES string of the molecule is CC(=O)n1cc2cc(C3CCN(CCN4CCC(COc5ccc6c(c5)CN(C5CCC(=O)NC5=O)C6=O)CC4)CC3)cc(N3CCCc4cc(-c5cnn(C)c5)c(C(F)F)cc43)c2c1. The van der Waals surface area contributed by atoms with Crippen molar-refractivity contribution in [1.29, 1.82) is 0 Å². The van der Waals surface area contributed by atoms with E-state index in [0.29, 0.717) is 54.6 Å². The molecule has 0 bridgehead atoms. The van der Waals surface area contributed by atoms with Gasteiger partial charge in [0.15, 0.2) is 0 Å². The third kappa shape index (κ3) is 8.67. The average Bonchev–Trinajstić information content (AvgIpc) is 4.04. The second kappa shape index (κ2) is 17.8. The summed E-state index contributed by atoms with van der Waals surface area (Å²) >= 11 is 0. The smallest absolute Gasteiger partial charge is 0.264 e. The lowest BCUT2D eigenvalue weighted by Crippen LogP contribution is -2.52. The van der Waals surface area contributed by atoms with Gasteiger partial charge in [-0.25, -0.2) is 8.78 Å². The lowest BCUT2D eigenvalue weighted by Gasteiger charge is -2.37. The Hall–Kier alpha value is -5.93. The molecule has 1 N–H and O–H groups in total. The molecule has 0 saturated carbocycles. The van der Waals surface area contributed by atoms with Crippen LogP contribution in [-0.2, 0) is 29.6 Å². The van der Waals surface area contributed by atoms with Crippen LogP contribution in [0.2, 0.25) is 0 Å². The molecule has 5 aliphatic rings. The molecule has 1 unspecified atom stereocenters. The molecule has 65 heavy (non-hydrogen) atoms. The molecule has 13 nitrogen and oxygen atoms in total. The van der Waals surface area contributed by atoms with E-state index in [-0.39, 0.29) is 29.7 Å². The number of nitrogens with zero attached hydrogens (tertiary/aromatic N) is 7. The van der Waals surface area contributed by atoms with Crippen LogP contribution < -0.4 is 15.0 Å². The zero-order valence-corrected chi connectivity index (χ0v) is 37.1. The summed E-state index contributed by atoms with van der Waals surface area (Å²) in [5.41, 5.74) is 6.67. The number of aromatic nitrogens is 3. The Morgan fingerprint density at radius 1 is 0.846 bits per heavy atom. The maximum atomic E-state index is 14.7. The van der Waals surface area contributed by atoms with Gasteiger partial charge in [0.2, 0.25) is 17.7 Å². The number of hydrogen-bond donors (Lipinski definition) is 1. The molecule has 3 aromatic carbocycles. The molecule has 3 amide bonds. The number of piperidine rings is 3. The summed E-state index contributed by atoms with van der Waals surface area (Å²) in [5, 5.41) is 8.54. The fraction of sp³-hybridized carbons (Fsp3) is 0.460. The second-order valence-electron chi connectivity index (χ2n) is 18.7. The quantitative estimate of drug-likeness (QED) is 0.135. The largest absolute Gasteiger partial charge is 0.493 e. The van der Waals surface area contributed by atoms with Crippen LogP contribution in [-0.4, -0.2) is 111 Å². The van der Waals surface area contributed by atoms with Gasteiger partial charge in [0.05, 0.1) is 18.5 Å². The molecule has 340 valence electrons. The van der Waals surface area contributed by atoms with Gasteiger partial charge in [0.25, 0.3) is 12.3 Å². The highest BCUT2D eigenvalue weighted by Crippen LogP contribution is 2.45. The molecule has 10 rings (SSSR count). The number of carbonyl (C=O) groups excluding carboxylic acids is 4. The number of nitrogens with one attached hydrogen (secondary N) is 1.